The van der Waals surface area contributed by atoms with Gasteiger partial charge in [-0.1, -0.05) is 12.6 Å². The van der Waals surface area contributed by atoms with Crippen molar-refractivity contribution in [3.05, 3.63) is 42.0 Å². The van der Waals surface area contributed by atoms with E-state index in [0.717, 1.165) is 11.6 Å². The van der Waals surface area contributed by atoms with E-state index in [1.807, 2.05) is 0 Å². The number of hydrogen-bond acceptors (Lipinski definition) is 2. The fourth-order valence-electron chi connectivity index (χ4n) is 1.51. The highest BCUT2D eigenvalue weighted by molar-refractivity contribution is 5.98. The average molecular weight is 286 g/mol. The van der Waals surface area contributed by atoms with Crippen molar-refractivity contribution in [1.82, 2.24) is 5.32 Å². The van der Waals surface area contributed by atoms with Crippen molar-refractivity contribution in [3.8, 4) is 0 Å². The number of amides is 2. The monoisotopic (exact) mass is 286 g/mol. The van der Waals surface area contributed by atoms with Crippen LogP contribution < -0.4 is 10.6 Å². The van der Waals surface area contributed by atoms with Gasteiger partial charge >= 0.3 is 12.1 Å². The SMILES string of the molecule is C=CC(=O)Nc1cc(C)cc(CNC(=O)C(F)(F)F)c1. The Balaban J connectivity index is 2.78. The molecule has 0 aromatic heterocycles. The number of nitrogens with one attached hydrogen (secondary N) is 2. The van der Waals surface area contributed by atoms with E-state index in [2.05, 4.69) is 11.9 Å². The Bertz CT molecular complexity index is 539. The smallest absolute Gasteiger partial charge is 0.344 e. The molecular formula is C13H13F3N2O2. The lowest BCUT2D eigenvalue weighted by Gasteiger charge is -2.10. The van der Waals surface area contributed by atoms with E-state index in [1.165, 1.54) is 6.07 Å². The van der Waals surface area contributed by atoms with Crippen molar-refractivity contribution in [2.75, 3.05) is 5.32 Å². The van der Waals surface area contributed by atoms with Crippen molar-refractivity contribution in [2.24, 2.45) is 0 Å². The van der Waals surface area contributed by atoms with Gasteiger partial charge in [-0.2, -0.15) is 13.2 Å². The van der Waals surface area contributed by atoms with Crippen LogP contribution in [0.4, 0.5) is 18.9 Å². The van der Waals surface area contributed by atoms with Gasteiger partial charge in [-0.05, 0) is 36.3 Å². The first kappa shape index (κ1) is 15.7. The lowest BCUT2D eigenvalue weighted by Crippen LogP contribution is -2.36. The minimum absolute atomic E-state index is 0.281. The van der Waals surface area contributed by atoms with Gasteiger partial charge in [0.2, 0.25) is 5.91 Å². The van der Waals surface area contributed by atoms with Crippen LogP contribution in [0.1, 0.15) is 11.1 Å². The Labute approximate surface area is 113 Å². The molecule has 0 aliphatic carbocycles. The van der Waals surface area contributed by atoms with Gasteiger partial charge in [-0.3, -0.25) is 9.59 Å². The molecule has 0 fully saturated rings. The molecule has 2 N–H and O–H groups in total. The minimum Gasteiger partial charge on any atom is -0.344 e. The zero-order chi connectivity index (χ0) is 15.3. The average Bonchev–Trinajstić information content (AvgIpc) is 2.33. The second-order valence-corrected chi connectivity index (χ2v) is 4.08. The number of benzene rings is 1. The Hall–Kier alpha value is -2.31. The van der Waals surface area contributed by atoms with Gasteiger partial charge in [-0.15, -0.1) is 0 Å². The third-order valence-corrected chi connectivity index (χ3v) is 2.30. The van der Waals surface area contributed by atoms with Crippen LogP contribution in [0, 0.1) is 6.92 Å². The third-order valence-electron chi connectivity index (χ3n) is 2.30. The largest absolute Gasteiger partial charge is 0.471 e. The van der Waals surface area contributed by atoms with Crippen LogP contribution >= 0.6 is 0 Å². The molecule has 0 aliphatic rings. The lowest BCUT2D eigenvalue weighted by molar-refractivity contribution is -0.173. The van der Waals surface area contributed by atoms with Crippen LogP contribution in [-0.4, -0.2) is 18.0 Å². The minimum atomic E-state index is -4.91. The van der Waals surface area contributed by atoms with E-state index in [0.29, 0.717) is 11.3 Å². The van der Waals surface area contributed by atoms with Crippen molar-refractivity contribution in [2.45, 2.75) is 19.6 Å². The predicted molar refractivity (Wildman–Crippen MR) is 67.9 cm³/mol. The topological polar surface area (TPSA) is 58.2 Å². The summed E-state index contributed by atoms with van der Waals surface area (Å²) in [5, 5.41) is 4.26. The second kappa shape index (κ2) is 6.23. The first-order valence-electron chi connectivity index (χ1n) is 5.61. The molecule has 0 bridgehead atoms. The molecule has 0 radical (unpaired) electrons. The van der Waals surface area contributed by atoms with Crippen LogP contribution in [-0.2, 0) is 16.1 Å². The van der Waals surface area contributed by atoms with E-state index in [1.54, 1.807) is 24.4 Å². The summed E-state index contributed by atoms with van der Waals surface area (Å²) in [5.41, 5.74) is 1.61. The number of carbonyl (C=O) groups is 2. The molecule has 0 unspecified atom stereocenters. The van der Waals surface area contributed by atoms with Gasteiger partial charge in [-0.25, -0.2) is 0 Å². The van der Waals surface area contributed by atoms with Gasteiger partial charge < -0.3 is 10.6 Å². The maximum Gasteiger partial charge on any atom is 0.471 e. The molecule has 1 aromatic rings. The summed E-state index contributed by atoms with van der Waals surface area (Å²) in [6.07, 6.45) is -3.84. The van der Waals surface area contributed by atoms with E-state index in [4.69, 9.17) is 0 Å². The zero-order valence-electron chi connectivity index (χ0n) is 10.7. The van der Waals surface area contributed by atoms with Crippen molar-refractivity contribution in [1.29, 1.82) is 0 Å². The summed E-state index contributed by atoms with van der Waals surface area (Å²) in [6, 6.07) is 4.74. The van der Waals surface area contributed by atoms with Crippen molar-refractivity contribution in [3.63, 3.8) is 0 Å². The summed E-state index contributed by atoms with van der Waals surface area (Å²) >= 11 is 0. The molecule has 0 saturated carbocycles. The number of anilines is 1. The maximum atomic E-state index is 12.0. The van der Waals surface area contributed by atoms with Gasteiger partial charge in [0.15, 0.2) is 0 Å². The van der Waals surface area contributed by atoms with E-state index >= 15 is 0 Å². The zero-order valence-corrected chi connectivity index (χ0v) is 10.7. The maximum absolute atomic E-state index is 12.0. The van der Waals surface area contributed by atoms with Crippen LogP contribution in [0.2, 0.25) is 0 Å². The van der Waals surface area contributed by atoms with Gasteiger partial charge in [0.05, 0.1) is 0 Å². The molecule has 2 amide bonds. The number of aryl methyl sites for hydroxylation is 1. The van der Waals surface area contributed by atoms with E-state index in [9.17, 15) is 22.8 Å². The standard InChI is InChI=1S/C13H13F3N2O2/c1-3-11(19)18-10-5-8(2)4-9(6-10)7-17-12(20)13(14,15)16/h3-6H,1,7H2,2H3,(H,17,20)(H,18,19). The lowest BCUT2D eigenvalue weighted by atomic mass is 10.1. The molecule has 0 heterocycles. The molecule has 7 heteroatoms. The van der Waals surface area contributed by atoms with Crippen molar-refractivity contribution < 1.29 is 22.8 Å². The molecule has 0 aliphatic heterocycles. The number of carbonyl (C=O) groups excluding carboxylic acids is 2. The molecule has 0 atom stereocenters. The predicted octanol–water partition coefficient (Wildman–Crippen LogP) is 2.30. The van der Waals surface area contributed by atoms with Crippen LogP contribution in [0.25, 0.3) is 0 Å². The highest BCUT2D eigenvalue weighted by atomic mass is 19.4. The van der Waals surface area contributed by atoms with Gasteiger partial charge in [0.1, 0.15) is 0 Å². The fraction of sp³-hybridized carbons (Fsp3) is 0.231. The Morgan fingerprint density at radius 3 is 2.50 bits per heavy atom. The van der Waals surface area contributed by atoms with Crippen molar-refractivity contribution >= 4 is 17.5 Å². The highest BCUT2D eigenvalue weighted by Crippen LogP contribution is 2.17. The Kier molecular flexibility index (Phi) is 4.90. The van der Waals surface area contributed by atoms with Crippen LogP contribution in [0.5, 0.6) is 0 Å². The fourth-order valence-corrected chi connectivity index (χ4v) is 1.51. The van der Waals surface area contributed by atoms with Gasteiger partial charge in [0.25, 0.3) is 0 Å². The summed E-state index contributed by atoms with van der Waals surface area (Å²) in [6.45, 7) is 4.73. The van der Waals surface area contributed by atoms with Gasteiger partial charge in [0, 0.05) is 12.2 Å². The summed E-state index contributed by atoms with van der Waals surface area (Å²) < 4.78 is 36.1. The molecule has 1 aromatic carbocycles. The molecule has 0 spiro atoms. The first-order valence-corrected chi connectivity index (χ1v) is 5.61. The number of rotatable bonds is 4. The molecule has 108 valence electrons. The highest BCUT2D eigenvalue weighted by Gasteiger charge is 2.38. The number of alkyl halides is 3. The molecule has 20 heavy (non-hydrogen) atoms. The molecule has 1 rings (SSSR count). The molecular weight excluding hydrogens is 273 g/mol. The summed E-state index contributed by atoms with van der Waals surface area (Å²) in [4.78, 5) is 21.9. The number of hydrogen-bond donors (Lipinski definition) is 2. The second-order valence-electron chi connectivity index (χ2n) is 4.08. The quantitative estimate of drug-likeness (QED) is 0.834. The summed E-state index contributed by atoms with van der Waals surface area (Å²) in [7, 11) is 0. The van der Waals surface area contributed by atoms with Crippen LogP contribution in [0.3, 0.4) is 0 Å². The molecule has 4 nitrogen and oxygen atoms in total. The first-order chi connectivity index (χ1) is 9.22. The number of halogens is 3. The third kappa shape index (κ3) is 4.75. The van der Waals surface area contributed by atoms with Crippen LogP contribution in [0.15, 0.2) is 30.9 Å². The van der Waals surface area contributed by atoms with E-state index < -0.39 is 18.0 Å². The Morgan fingerprint density at radius 1 is 1.30 bits per heavy atom. The molecule has 0 saturated heterocycles. The normalized spacial score (nSPS) is 10.8. The summed E-state index contributed by atoms with van der Waals surface area (Å²) in [5.74, 6) is -2.43. The Morgan fingerprint density at radius 2 is 1.95 bits per heavy atom. The van der Waals surface area contributed by atoms with E-state index in [-0.39, 0.29) is 6.54 Å².